The molecule has 0 spiro atoms. The van der Waals surface area contributed by atoms with Gasteiger partial charge in [-0.05, 0) is 27.1 Å². The van der Waals surface area contributed by atoms with Gasteiger partial charge in [0.1, 0.15) is 6.61 Å². The molecule has 5 heteroatoms. The van der Waals surface area contributed by atoms with Crippen LogP contribution in [0.15, 0.2) is 12.3 Å². The van der Waals surface area contributed by atoms with Crippen LogP contribution in [0.25, 0.3) is 0 Å². The summed E-state index contributed by atoms with van der Waals surface area (Å²) in [5.74, 6) is 1.57. The predicted molar refractivity (Wildman–Crippen MR) is 70.5 cm³/mol. The van der Waals surface area contributed by atoms with Crippen LogP contribution in [0.4, 0.5) is 5.82 Å². The molecule has 1 aliphatic rings. The summed E-state index contributed by atoms with van der Waals surface area (Å²) in [4.78, 5) is 20.0. The van der Waals surface area contributed by atoms with E-state index in [-0.39, 0.29) is 5.78 Å². The summed E-state index contributed by atoms with van der Waals surface area (Å²) in [7, 11) is 4.10. The zero-order valence-corrected chi connectivity index (χ0v) is 11.1. The third-order valence-corrected chi connectivity index (χ3v) is 2.97. The fraction of sp³-hybridized carbons (Fsp3) is 0.538. The lowest BCUT2D eigenvalue weighted by Crippen LogP contribution is -2.38. The summed E-state index contributed by atoms with van der Waals surface area (Å²) in [5.41, 5.74) is 0.600. The van der Waals surface area contributed by atoms with E-state index < -0.39 is 0 Å². The number of carbonyl (C=O) groups excluding carboxylic acids is 1. The Morgan fingerprint density at radius 1 is 1.56 bits per heavy atom. The molecule has 0 N–H and O–H groups in total. The van der Waals surface area contributed by atoms with E-state index in [1.165, 1.54) is 6.92 Å². The molecule has 5 nitrogen and oxygen atoms in total. The van der Waals surface area contributed by atoms with Crippen molar-refractivity contribution in [2.24, 2.45) is 0 Å². The van der Waals surface area contributed by atoms with Crippen molar-refractivity contribution in [3.8, 4) is 5.75 Å². The number of ketones is 1. The molecular weight excluding hydrogens is 230 g/mol. The van der Waals surface area contributed by atoms with Gasteiger partial charge in [0.25, 0.3) is 0 Å². The van der Waals surface area contributed by atoms with Crippen molar-refractivity contribution in [1.29, 1.82) is 0 Å². The summed E-state index contributed by atoms with van der Waals surface area (Å²) in [5, 5.41) is 0. The minimum atomic E-state index is 0.0133. The molecular formula is C13H19N3O2. The SMILES string of the molecule is CC(=O)c1cnc2c(c1)OCCN2CCN(C)C. The Hall–Kier alpha value is -1.62. The van der Waals surface area contributed by atoms with Gasteiger partial charge >= 0.3 is 0 Å². The van der Waals surface area contributed by atoms with E-state index in [2.05, 4.69) is 14.8 Å². The van der Waals surface area contributed by atoms with Crippen LogP contribution in [0.2, 0.25) is 0 Å². The van der Waals surface area contributed by atoms with Gasteiger partial charge in [0.2, 0.25) is 0 Å². The Labute approximate surface area is 107 Å². The minimum Gasteiger partial charge on any atom is -0.488 e. The minimum absolute atomic E-state index is 0.0133. The summed E-state index contributed by atoms with van der Waals surface area (Å²) in [6.45, 7) is 4.90. The van der Waals surface area contributed by atoms with E-state index in [0.717, 1.165) is 25.5 Å². The number of hydrogen-bond donors (Lipinski definition) is 0. The Morgan fingerprint density at radius 2 is 2.33 bits per heavy atom. The molecule has 1 aromatic heterocycles. The molecule has 0 atom stereocenters. The molecule has 0 saturated carbocycles. The summed E-state index contributed by atoms with van der Waals surface area (Å²) in [6.07, 6.45) is 1.62. The quantitative estimate of drug-likeness (QED) is 0.746. The molecule has 98 valence electrons. The Morgan fingerprint density at radius 3 is 3.00 bits per heavy atom. The number of nitrogens with zero attached hydrogens (tertiary/aromatic N) is 3. The molecule has 0 bridgehead atoms. The number of hydrogen-bond acceptors (Lipinski definition) is 5. The lowest BCUT2D eigenvalue weighted by molar-refractivity contribution is 0.101. The second-order valence-corrected chi connectivity index (χ2v) is 4.74. The largest absolute Gasteiger partial charge is 0.488 e. The Kier molecular flexibility index (Phi) is 3.81. The van der Waals surface area contributed by atoms with E-state index in [0.29, 0.717) is 17.9 Å². The van der Waals surface area contributed by atoms with E-state index in [4.69, 9.17) is 4.74 Å². The molecule has 0 aromatic carbocycles. The van der Waals surface area contributed by atoms with Gasteiger partial charge in [-0.25, -0.2) is 4.98 Å². The first-order valence-electron chi connectivity index (χ1n) is 6.11. The Bertz CT molecular complexity index is 446. The zero-order valence-electron chi connectivity index (χ0n) is 11.1. The monoisotopic (exact) mass is 249 g/mol. The topological polar surface area (TPSA) is 45.7 Å². The second kappa shape index (κ2) is 5.35. The van der Waals surface area contributed by atoms with Crippen molar-refractivity contribution in [2.45, 2.75) is 6.92 Å². The molecule has 0 aliphatic carbocycles. The van der Waals surface area contributed by atoms with Gasteiger partial charge in [0, 0.05) is 24.8 Å². The van der Waals surface area contributed by atoms with Crippen LogP contribution in [-0.2, 0) is 0 Å². The smallest absolute Gasteiger partial charge is 0.171 e. The number of aromatic nitrogens is 1. The third-order valence-electron chi connectivity index (χ3n) is 2.97. The van der Waals surface area contributed by atoms with E-state index >= 15 is 0 Å². The molecule has 2 rings (SSSR count). The van der Waals surface area contributed by atoms with Crippen LogP contribution in [0.5, 0.6) is 5.75 Å². The van der Waals surface area contributed by atoms with Gasteiger partial charge in [-0.2, -0.15) is 0 Å². The van der Waals surface area contributed by atoms with Gasteiger partial charge in [0.05, 0.1) is 6.54 Å². The summed E-state index contributed by atoms with van der Waals surface area (Å²) >= 11 is 0. The van der Waals surface area contributed by atoms with Gasteiger partial charge in [-0.3, -0.25) is 4.79 Å². The van der Waals surface area contributed by atoms with E-state index in [1.54, 1.807) is 12.3 Å². The van der Waals surface area contributed by atoms with Crippen LogP contribution in [-0.4, -0.2) is 56.0 Å². The Balaban J connectivity index is 2.19. The van der Waals surface area contributed by atoms with Gasteiger partial charge in [-0.1, -0.05) is 0 Å². The molecule has 0 radical (unpaired) electrons. The molecule has 18 heavy (non-hydrogen) atoms. The van der Waals surface area contributed by atoms with Crippen LogP contribution in [0.3, 0.4) is 0 Å². The maximum atomic E-state index is 11.3. The van der Waals surface area contributed by atoms with Crippen molar-refractivity contribution in [1.82, 2.24) is 9.88 Å². The van der Waals surface area contributed by atoms with Crippen molar-refractivity contribution >= 4 is 11.6 Å². The number of fused-ring (bicyclic) bond motifs is 1. The number of carbonyl (C=O) groups is 1. The highest BCUT2D eigenvalue weighted by Crippen LogP contribution is 2.29. The number of ether oxygens (including phenoxy) is 1. The molecule has 2 heterocycles. The lowest BCUT2D eigenvalue weighted by Gasteiger charge is -2.31. The predicted octanol–water partition coefficient (Wildman–Crippen LogP) is 1.04. The van der Waals surface area contributed by atoms with Crippen LogP contribution >= 0.6 is 0 Å². The lowest BCUT2D eigenvalue weighted by atomic mass is 10.2. The average molecular weight is 249 g/mol. The average Bonchev–Trinajstić information content (AvgIpc) is 2.35. The van der Waals surface area contributed by atoms with Gasteiger partial charge < -0.3 is 14.5 Å². The van der Waals surface area contributed by atoms with Crippen molar-refractivity contribution < 1.29 is 9.53 Å². The zero-order chi connectivity index (χ0) is 13.1. The second-order valence-electron chi connectivity index (χ2n) is 4.74. The van der Waals surface area contributed by atoms with Crippen LogP contribution in [0, 0.1) is 0 Å². The fourth-order valence-corrected chi connectivity index (χ4v) is 1.88. The van der Waals surface area contributed by atoms with E-state index in [9.17, 15) is 4.79 Å². The van der Waals surface area contributed by atoms with Crippen LogP contribution < -0.4 is 9.64 Å². The van der Waals surface area contributed by atoms with Crippen molar-refractivity contribution in [3.05, 3.63) is 17.8 Å². The third kappa shape index (κ3) is 2.79. The van der Waals surface area contributed by atoms with Crippen molar-refractivity contribution in [2.75, 3.05) is 45.2 Å². The number of rotatable bonds is 4. The van der Waals surface area contributed by atoms with Gasteiger partial charge in [-0.15, -0.1) is 0 Å². The standard InChI is InChI=1S/C13H19N3O2/c1-10(17)11-8-12-13(14-9-11)16(6-7-18-12)5-4-15(2)3/h8-9H,4-7H2,1-3H3. The maximum absolute atomic E-state index is 11.3. The van der Waals surface area contributed by atoms with Crippen molar-refractivity contribution in [3.63, 3.8) is 0 Å². The van der Waals surface area contributed by atoms with E-state index in [1.807, 2.05) is 14.1 Å². The first-order valence-corrected chi connectivity index (χ1v) is 6.11. The highest BCUT2D eigenvalue weighted by molar-refractivity contribution is 5.94. The number of likely N-dealkylation sites (N-methyl/N-ethyl adjacent to an activating group) is 1. The molecule has 0 amide bonds. The maximum Gasteiger partial charge on any atom is 0.171 e. The number of pyridine rings is 1. The molecule has 0 saturated heterocycles. The molecule has 1 aliphatic heterocycles. The molecule has 0 unspecified atom stereocenters. The molecule has 1 aromatic rings. The normalized spacial score (nSPS) is 14.3. The number of anilines is 1. The number of Topliss-reactive ketones (excluding diaryl/α,β-unsaturated/α-hetero) is 1. The first kappa shape index (κ1) is 12.8. The first-order chi connectivity index (χ1) is 8.58. The summed E-state index contributed by atoms with van der Waals surface area (Å²) < 4.78 is 5.58. The van der Waals surface area contributed by atoms with Gasteiger partial charge in [0.15, 0.2) is 17.4 Å². The molecule has 0 fully saturated rings. The summed E-state index contributed by atoms with van der Waals surface area (Å²) in [6, 6.07) is 1.78. The highest BCUT2D eigenvalue weighted by Gasteiger charge is 2.20. The fourth-order valence-electron chi connectivity index (χ4n) is 1.88. The van der Waals surface area contributed by atoms with Crippen LogP contribution in [0.1, 0.15) is 17.3 Å². The highest BCUT2D eigenvalue weighted by atomic mass is 16.5.